The van der Waals surface area contributed by atoms with Crippen LogP contribution in [-0.4, -0.2) is 17.1 Å². The first-order valence-corrected chi connectivity index (χ1v) is 3.55. The summed E-state index contributed by atoms with van der Waals surface area (Å²) in [5.41, 5.74) is 1.07. The molecule has 0 bridgehead atoms. The Kier molecular flexibility index (Phi) is 2.54. The van der Waals surface area contributed by atoms with Gasteiger partial charge >= 0.3 is 0 Å². The lowest BCUT2D eigenvalue weighted by atomic mass is 10.3. The molecule has 0 saturated carbocycles. The van der Waals surface area contributed by atoms with Gasteiger partial charge in [-0.05, 0) is 19.4 Å². The molecule has 0 N–H and O–H groups in total. The molecule has 0 aromatic carbocycles. The van der Waals surface area contributed by atoms with Gasteiger partial charge in [-0.1, -0.05) is 0 Å². The Morgan fingerprint density at radius 2 is 1.91 bits per heavy atom. The maximum Gasteiger partial charge on any atom is 0.156 e. The van der Waals surface area contributed by atoms with Crippen LogP contribution in [0.25, 0.3) is 0 Å². The highest BCUT2D eigenvalue weighted by molar-refractivity contribution is 5.02. The SMILES string of the molecule is CO[C@H](C)c1ncc(C)cn1. The van der Waals surface area contributed by atoms with Crippen molar-refractivity contribution in [3.8, 4) is 0 Å². The van der Waals surface area contributed by atoms with Gasteiger partial charge < -0.3 is 4.74 Å². The predicted molar refractivity (Wildman–Crippen MR) is 42.2 cm³/mol. The largest absolute Gasteiger partial charge is 0.374 e. The molecule has 0 aliphatic rings. The second-order valence-electron chi connectivity index (χ2n) is 2.50. The fraction of sp³-hybridized carbons (Fsp3) is 0.500. The van der Waals surface area contributed by atoms with Gasteiger partial charge in [0.25, 0.3) is 0 Å². The molecular weight excluding hydrogens is 140 g/mol. The third-order valence-corrected chi connectivity index (χ3v) is 1.52. The number of aromatic nitrogens is 2. The number of hydrogen-bond donors (Lipinski definition) is 0. The summed E-state index contributed by atoms with van der Waals surface area (Å²) in [6, 6.07) is 0. The third-order valence-electron chi connectivity index (χ3n) is 1.52. The van der Waals surface area contributed by atoms with E-state index in [2.05, 4.69) is 9.97 Å². The predicted octanol–water partition coefficient (Wildman–Crippen LogP) is 1.49. The summed E-state index contributed by atoms with van der Waals surface area (Å²) < 4.78 is 5.05. The van der Waals surface area contributed by atoms with Crippen molar-refractivity contribution in [1.29, 1.82) is 0 Å². The summed E-state index contributed by atoms with van der Waals surface area (Å²) in [7, 11) is 1.65. The van der Waals surface area contributed by atoms with Crippen LogP contribution in [0.4, 0.5) is 0 Å². The van der Waals surface area contributed by atoms with E-state index in [4.69, 9.17) is 4.74 Å². The van der Waals surface area contributed by atoms with E-state index in [0.717, 1.165) is 11.4 Å². The maximum absolute atomic E-state index is 5.05. The molecule has 3 nitrogen and oxygen atoms in total. The van der Waals surface area contributed by atoms with E-state index in [9.17, 15) is 0 Å². The minimum absolute atomic E-state index is 0.0180. The molecule has 0 aliphatic heterocycles. The van der Waals surface area contributed by atoms with Crippen LogP contribution in [0.1, 0.15) is 24.4 Å². The first kappa shape index (κ1) is 8.14. The van der Waals surface area contributed by atoms with Gasteiger partial charge in [-0.15, -0.1) is 0 Å². The Labute approximate surface area is 66.4 Å². The summed E-state index contributed by atoms with van der Waals surface area (Å²) >= 11 is 0. The zero-order valence-corrected chi connectivity index (χ0v) is 7.03. The quantitative estimate of drug-likeness (QED) is 0.644. The standard InChI is InChI=1S/C8H12N2O/c1-6-4-9-8(10-5-6)7(2)11-3/h4-5,7H,1-3H3/t7-/m1/s1. The molecular formula is C8H12N2O. The Morgan fingerprint density at radius 1 is 1.36 bits per heavy atom. The minimum Gasteiger partial charge on any atom is -0.374 e. The topological polar surface area (TPSA) is 35.0 Å². The van der Waals surface area contributed by atoms with Crippen molar-refractivity contribution < 1.29 is 4.74 Å². The van der Waals surface area contributed by atoms with Gasteiger partial charge in [-0.25, -0.2) is 9.97 Å². The molecule has 0 unspecified atom stereocenters. The number of methoxy groups -OCH3 is 1. The smallest absolute Gasteiger partial charge is 0.156 e. The van der Waals surface area contributed by atoms with Crippen molar-refractivity contribution in [3.63, 3.8) is 0 Å². The summed E-state index contributed by atoms with van der Waals surface area (Å²) in [5.74, 6) is 0.734. The average molecular weight is 152 g/mol. The van der Waals surface area contributed by atoms with Crippen molar-refractivity contribution in [2.75, 3.05) is 7.11 Å². The van der Waals surface area contributed by atoms with E-state index < -0.39 is 0 Å². The Bertz CT molecular complexity index is 220. The molecule has 0 aliphatic carbocycles. The van der Waals surface area contributed by atoms with Gasteiger partial charge in [-0.2, -0.15) is 0 Å². The van der Waals surface area contributed by atoms with Gasteiger partial charge in [-0.3, -0.25) is 0 Å². The first-order valence-electron chi connectivity index (χ1n) is 3.55. The fourth-order valence-electron chi connectivity index (χ4n) is 0.718. The van der Waals surface area contributed by atoms with Crippen molar-refractivity contribution >= 4 is 0 Å². The van der Waals surface area contributed by atoms with Crippen molar-refractivity contribution in [2.24, 2.45) is 0 Å². The molecule has 1 rings (SSSR count). The van der Waals surface area contributed by atoms with Crippen LogP contribution < -0.4 is 0 Å². The second-order valence-corrected chi connectivity index (χ2v) is 2.50. The number of rotatable bonds is 2. The molecule has 0 amide bonds. The van der Waals surface area contributed by atoms with Crippen LogP contribution >= 0.6 is 0 Å². The second kappa shape index (κ2) is 3.44. The lowest BCUT2D eigenvalue weighted by molar-refractivity contribution is 0.112. The maximum atomic E-state index is 5.05. The van der Waals surface area contributed by atoms with E-state index >= 15 is 0 Å². The van der Waals surface area contributed by atoms with Crippen LogP contribution in [0.3, 0.4) is 0 Å². The van der Waals surface area contributed by atoms with Crippen LogP contribution in [0.5, 0.6) is 0 Å². The Balaban J connectivity index is 2.81. The molecule has 11 heavy (non-hydrogen) atoms. The number of nitrogens with zero attached hydrogens (tertiary/aromatic N) is 2. The lowest BCUT2D eigenvalue weighted by Crippen LogP contribution is -2.01. The highest BCUT2D eigenvalue weighted by Gasteiger charge is 2.04. The summed E-state index contributed by atoms with van der Waals surface area (Å²) in [6.45, 7) is 3.88. The summed E-state index contributed by atoms with van der Waals surface area (Å²) in [6.07, 6.45) is 3.56. The van der Waals surface area contributed by atoms with E-state index in [1.165, 1.54) is 0 Å². The number of ether oxygens (including phenoxy) is 1. The van der Waals surface area contributed by atoms with E-state index in [1.807, 2.05) is 13.8 Å². The number of aryl methyl sites for hydroxylation is 1. The third kappa shape index (κ3) is 1.98. The molecule has 1 aromatic rings. The van der Waals surface area contributed by atoms with Crippen LogP contribution in [0, 0.1) is 6.92 Å². The van der Waals surface area contributed by atoms with Gasteiger partial charge in [0.1, 0.15) is 6.10 Å². The molecule has 0 saturated heterocycles. The molecule has 3 heteroatoms. The van der Waals surface area contributed by atoms with Crippen molar-refractivity contribution in [3.05, 3.63) is 23.8 Å². The lowest BCUT2D eigenvalue weighted by Gasteiger charge is -2.06. The van der Waals surface area contributed by atoms with Gasteiger partial charge in [0, 0.05) is 19.5 Å². The molecule has 1 aromatic heterocycles. The van der Waals surface area contributed by atoms with Gasteiger partial charge in [0.15, 0.2) is 5.82 Å². The molecule has 0 spiro atoms. The van der Waals surface area contributed by atoms with E-state index in [-0.39, 0.29) is 6.10 Å². The van der Waals surface area contributed by atoms with Crippen LogP contribution in [-0.2, 0) is 4.74 Å². The van der Waals surface area contributed by atoms with Crippen LogP contribution in [0.15, 0.2) is 12.4 Å². The summed E-state index contributed by atoms with van der Waals surface area (Å²) in [4.78, 5) is 8.23. The normalized spacial score (nSPS) is 13.0. The zero-order chi connectivity index (χ0) is 8.27. The monoisotopic (exact) mass is 152 g/mol. The highest BCUT2D eigenvalue weighted by atomic mass is 16.5. The van der Waals surface area contributed by atoms with Crippen molar-refractivity contribution in [2.45, 2.75) is 20.0 Å². The van der Waals surface area contributed by atoms with E-state index in [0.29, 0.717) is 0 Å². The molecule has 1 heterocycles. The summed E-state index contributed by atoms with van der Waals surface area (Å²) in [5, 5.41) is 0. The number of hydrogen-bond acceptors (Lipinski definition) is 3. The minimum atomic E-state index is -0.0180. The van der Waals surface area contributed by atoms with Crippen molar-refractivity contribution in [1.82, 2.24) is 9.97 Å². The van der Waals surface area contributed by atoms with Crippen LogP contribution in [0.2, 0.25) is 0 Å². The molecule has 60 valence electrons. The zero-order valence-electron chi connectivity index (χ0n) is 7.03. The molecule has 1 atom stereocenters. The van der Waals surface area contributed by atoms with Gasteiger partial charge in [0.2, 0.25) is 0 Å². The van der Waals surface area contributed by atoms with E-state index in [1.54, 1.807) is 19.5 Å². The highest BCUT2D eigenvalue weighted by Crippen LogP contribution is 2.08. The molecule has 0 fully saturated rings. The van der Waals surface area contributed by atoms with Gasteiger partial charge in [0.05, 0.1) is 0 Å². The fourth-order valence-corrected chi connectivity index (χ4v) is 0.718. The Morgan fingerprint density at radius 3 is 2.36 bits per heavy atom. The molecule has 0 radical (unpaired) electrons. The first-order chi connectivity index (χ1) is 5.24. The Hall–Kier alpha value is -0.960. The average Bonchev–Trinajstić information content (AvgIpc) is 2.05.